The van der Waals surface area contributed by atoms with Crippen LogP contribution in [0, 0.1) is 12.8 Å². The third kappa shape index (κ3) is 4.66. The number of likely N-dealkylation sites (tertiary alicyclic amines) is 1. The maximum absolute atomic E-state index is 13.2. The summed E-state index contributed by atoms with van der Waals surface area (Å²) in [6.45, 7) is 2.36. The first kappa shape index (κ1) is 19.6. The third-order valence-electron chi connectivity index (χ3n) is 6.09. The summed E-state index contributed by atoms with van der Waals surface area (Å²) in [6.07, 6.45) is 7.21. The molecule has 154 valence electrons. The average Bonchev–Trinajstić information content (AvgIpc) is 3.35. The molecule has 2 aromatic rings. The molecule has 1 saturated heterocycles. The highest BCUT2D eigenvalue weighted by Gasteiger charge is 2.39. The Hall–Kier alpha value is -2.70. The van der Waals surface area contributed by atoms with Gasteiger partial charge in [0.2, 0.25) is 5.91 Å². The molecular weight excluding hydrogens is 366 g/mol. The highest BCUT2D eigenvalue weighted by atomic mass is 16.2. The molecular formula is C22H29N5O2. The maximum atomic E-state index is 13.2. The second kappa shape index (κ2) is 8.76. The SMILES string of the molecule is Cc1nc(C2CC(NC(=O)c3ccccc3)CN2C(=O)CC2CCCCC2)n[nH]1. The van der Waals surface area contributed by atoms with Crippen LogP contribution in [0.4, 0.5) is 0 Å². The van der Waals surface area contributed by atoms with Crippen molar-refractivity contribution < 1.29 is 9.59 Å². The summed E-state index contributed by atoms with van der Waals surface area (Å²) in [4.78, 5) is 32.1. The number of amides is 2. The number of nitrogens with zero attached hydrogens (tertiary/aromatic N) is 3. The first-order valence-corrected chi connectivity index (χ1v) is 10.6. The summed E-state index contributed by atoms with van der Waals surface area (Å²) in [5.41, 5.74) is 0.629. The smallest absolute Gasteiger partial charge is 0.251 e. The van der Waals surface area contributed by atoms with Gasteiger partial charge in [-0.2, -0.15) is 5.10 Å². The molecule has 2 N–H and O–H groups in total. The van der Waals surface area contributed by atoms with E-state index in [0.717, 1.165) is 18.7 Å². The van der Waals surface area contributed by atoms with Crippen LogP contribution in [0.3, 0.4) is 0 Å². The number of nitrogens with one attached hydrogen (secondary N) is 2. The van der Waals surface area contributed by atoms with Crippen molar-refractivity contribution in [1.82, 2.24) is 25.4 Å². The third-order valence-corrected chi connectivity index (χ3v) is 6.09. The van der Waals surface area contributed by atoms with E-state index in [4.69, 9.17) is 0 Å². The van der Waals surface area contributed by atoms with Gasteiger partial charge in [-0.3, -0.25) is 14.7 Å². The van der Waals surface area contributed by atoms with Gasteiger partial charge in [0, 0.05) is 24.6 Å². The predicted octanol–water partition coefficient (Wildman–Crippen LogP) is 3.16. The summed E-state index contributed by atoms with van der Waals surface area (Å²) in [6, 6.07) is 8.88. The van der Waals surface area contributed by atoms with E-state index < -0.39 is 0 Å². The van der Waals surface area contributed by atoms with E-state index in [1.54, 1.807) is 12.1 Å². The molecule has 2 unspecified atom stereocenters. The van der Waals surface area contributed by atoms with Gasteiger partial charge in [0.15, 0.2) is 5.82 Å². The Morgan fingerprint density at radius 2 is 1.93 bits per heavy atom. The number of aryl methyl sites for hydroxylation is 1. The van der Waals surface area contributed by atoms with E-state index in [9.17, 15) is 9.59 Å². The fourth-order valence-electron chi connectivity index (χ4n) is 4.58. The lowest BCUT2D eigenvalue weighted by Crippen LogP contribution is -2.39. The van der Waals surface area contributed by atoms with Crippen LogP contribution < -0.4 is 5.32 Å². The van der Waals surface area contributed by atoms with Gasteiger partial charge in [-0.1, -0.05) is 37.5 Å². The Bertz CT molecular complexity index is 844. The number of carbonyl (C=O) groups is 2. The van der Waals surface area contributed by atoms with Gasteiger partial charge in [0.25, 0.3) is 5.91 Å². The van der Waals surface area contributed by atoms with Crippen molar-refractivity contribution in [2.45, 2.75) is 64.0 Å². The summed E-state index contributed by atoms with van der Waals surface area (Å²) in [5.74, 6) is 1.89. The topological polar surface area (TPSA) is 91.0 Å². The fourth-order valence-corrected chi connectivity index (χ4v) is 4.58. The van der Waals surface area contributed by atoms with E-state index in [-0.39, 0.29) is 23.9 Å². The lowest BCUT2D eigenvalue weighted by atomic mass is 9.86. The Balaban J connectivity index is 1.46. The highest BCUT2D eigenvalue weighted by molar-refractivity contribution is 5.94. The van der Waals surface area contributed by atoms with Crippen LogP contribution in [-0.4, -0.2) is 44.5 Å². The normalized spacial score (nSPS) is 22.6. The minimum atomic E-state index is -0.197. The number of rotatable bonds is 5. The molecule has 1 aromatic carbocycles. The Morgan fingerprint density at radius 1 is 1.17 bits per heavy atom. The molecule has 1 aromatic heterocycles. The number of aromatic nitrogens is 3. The zero-order valence-corrected chi connectivity index (χ0v) is 16.9. The maximum Gasteiger partial charge on any atom is 0.251 e. The molecule has 0 radical (unpaired) electrons. The number of aromatic amines is 1. The molecule has 1 aliphatic heterocycles. The van der Waals surface area contributed by atoms with Crippen LogP contribution in [0.15, 0.2) is 30.3 Å². The monoisotopic (exact) mass is 395 g/mol. The largest absolute Gasteiger partial charge is 0.347 e. The summed E-state index contributed by atoms with van der Waals surface area (Å²) in [5, 5.41) is 10.3. The van der Waals surface area contributed by atoms with E-state index in [2.05, 4.69) is 20.5 Å². The van der Waals surface area contributed by atoms with Crippen molar-refractivity contribution >= 4 is 11.8 Å². The van der Waals surface area contributed by atoms with Crippen LogP contribution in [0.5, 0.6) is 0 Å². The van der Waals surface area contributed by atoms with E-state index in [1.165, 1.54) is 19.3 Å². The fraction of sp³-hybridized carbons (Fsp3) is 0.545. The summed E-state index contributed by atoms with van der Waals surface area (Å²) >= 11 is 0. The molecule has 4 rings (SSSR count). The Morgan fingerprint density at radius 3 is 2.62 bits per heavy atom. The Labute approximate surface area is 171 Å². The van der Waals surface area contributed by atoms with E-state index >= 15 is 0 Å². The molecule has 0 spiro atoms. The van der Waals surface area contributed by atoms with E-state index in [1.807, 2.05) is 30.0 Å². The lowest BCUT2D eigenvalue weighted by molar-refractivity contribution is -0.133. The van der Waals surface area contributed by atoms with Crippen LogP contribution in [0.1, 0.15) is 73.0 Å². The second-order valence-electron chi connectivity index (χ2n) is 8.32. The molecule has 7 heteroatoms. The molecule has 29 heavy (non-hydrogen) atoms. The molecule has 1 aliphatic carbocycles. The van der Waals surface area contributed by atoms with Crippen molar-refractivity contribution in [1.29, 1.82) is 0 Å². The van der Waals surface area contributed by atoms with Gasteiger partial charge in [-0.25, -0.2) is 4.98 Å². The standard InChI is InChI=1S/C22H29N5O2/c1-15-23-21(26-25-15)19-13-18(24-22(29)17-10-6-3-7-11-17)14-27(19)20(28)12-16-8-4-2-5-9-16/h3,6-7,10-11,16,18-19H,2,4-5,8-9,12-14H2,1H3,(H,24,29)(H,23,25,26). The minimum absolute atomic E-state index is 0.109. The van der Waals surface area contributed by atoms with Gasteiger partial charge >= 0.3 is 0 Å². The van der Waals surface area contributed by atoms with Crippen molar-refractivity contribution in [2.24, 2.45) is 5.92 Å². The zero-order valence-electron chi connectivity index (χ0n) is 16.9. The molecule has 1 saturated carbocycles. The highest BCUT2D eigenvalue weighted by Crippen LogP contribution is 2.33. The van der Waals surface area contributed by atoms with Gasteiger partial charge in [-0.05, 0) is 44.2 Å². The molecule has 0 bridgehead atoms. The van der Waals surface area contributed by atoms with Gasteiger partial charge in [0.1, 0.15) is 5.82 Å². The zero-order chi connectivity index (χ0) is 20.2. The van der Waals surface area contributed by atoms with Crippen LogP contribution in [-0.2, 0) is 4.79 Å². The molecule has 2 atom stereocenters. The molecule has 2 aliphatic rings. The average molecular weight is 396 g/mol. The number of hydrogen-bond donors (Lipinski definition) is 2. The van der Waals surface area contributed by atoms with Gasteiger partial charge in [0.05, 0.1) is 6.04 Å². The second-order valence-corrected chi connectivity index (χ2v) is 8.32. The molecule has 2 amide bonds. The minimum Gasteiger partial charge on any atom is -0.347 e. The molecule has 7 nitrogen and oxygen atoms in total. The van der Waals surface area contributed by atoms with Crippen molar-refractivity contribution in [3.8, 4) is 0 Å². The lowest BCUT2D eigenvalue weighted by Gasteiger charge is -2.27. The number of carbonyl (C=O) groups excluding carboxylic acids is 2. The summed E-state index contributed by atoms with van der Waals surface area (Å²) in [7, 11) is 0. The quantitative estimate of drug-likeness (QED) is 0.814. The Kier molecular flexibility index (Phi) is 5.92. The van der Waals surface area contributed by atoms with Crippen molar-refractivity contribution in [3.63, 3.8) is 0 Å². The first-order valence-electron chi connectivity index (χ1n) is 10.6. The van der Waals surface area contributed by atoms with E-state index in [0.29, 0.717) is 36.7 Å². The van der Waals surface area contributed by atoms with Gasteiger partial charge < -0.3 is 10.2 Å². The van der Waals surface area contributed by atoms with Gasteiger partial charge in [-0.15, -0.1) is 0 Å². The number of benzene rings is 1. The van der Waals surface area contributed by atoms with Crippen LogP contribution >= 0.6 is 0 Å². The molecule has 2 fully saturated rings. The van der Waals surface area contributed by atoms with Crippen LogP contribution in [0.2, 0.25) is 0 Å². The first-order chi connectivity index (χ1) is 14.1. The number of hydrogen-bond acceptors (Lipinski definition) is 4. The van der Waals surface area contributed by atoms with Crippen molar-refractivity contribution in [3.05, 3.63) is 47.5 Å². The summed E-state index contributed by atoms with van der Waals surface area (Å²) < 4.78 is 0. The van der Waals surface area contributed by atoms with Crippen molar-refractivity contribution in [2.75, 3.05) is 6.54 Å². The van der Waals surface area contributed by atoms with Crippen LogP contribution in [0.25, 0.3) is 0 Å². The number of H-pyrrole nitrogens is 1. The predicted molar refractivity (Wildman–Crippen MR) is 109 cm³/mol. The molecule has 2 heterocycles.